The van der Waals surface area contributed by atoms with Gasteiger partial charge in [-0.05, 0) is 55.0 Å². The standard InChI is InChI=1S/C24H24F3N7O3/c1-16-11-20(23-30-34(15-36-23)18-3-5-19(6-4-18)37-24(25,26)27)29-33(16)13-17-7-8-28-21(12-17)32-10-9-31(2)22(35)14-32/h3-8,11-12H,9-10,13-15H2,1-2H3. The van der Waals surface area contributed by atoms with E-state index < -0.39 is 6.36 Å². The number of anilines is 2. The van der Waals surface area contributed by atoms with Gasteiger partial charge in [-0.2, -0.15) is 5.10 Å². The summed E-state index contributed by atoms with van der Waals surface area (Å²) in [7, 11) is 1.79. The fourth-order valence-corrected chi connectivity index (χ4v) is 4.00. The molecule has 0 radical (unpaired) electrons. The smallest absolute Gasteiger partial charge is 0.452 e. The van der Waals surface area contributed by atoms with Crippen molar-refractivity contribution in [1.82, 2.24) is 19.7 Å². The van der Waals surface area contributed by atoms with Crippen molar-refractivity contribution in [2.24, 2.45) is 5.10 Å². The van der Waals surface area contributed by atoms with E-state index in [-0.39, 0.29) is 18.4 Å². The van der Waals surface area contributed by atoms with Gasteiger partial charge in [0, 0.05) is 32.0 Å². The molecular formula is C24H24F3N7O3. The number of likely N-dealkylation sites (N-methyl/N-ethyl adjacent to an activating group) is 1. The maximum atomic E-state index is 12.4. The Hall–Kier alpha value is -4.29. The molecule has 1 fully saturated rings. The predicted octanol–water partition coefficient (Wildman–Crippen LogP) is 2.97. The highest BCUT2D eigenvalue weighted by Crippen LogP contribution is 2.27. The average molecular weight is 515 g/mol. The van der Waals surface area contributed by atoms with E-state index in [2.05, 4.69) is 19.9 Å². The number of rotatable bonds is 6. The summed E-state index contributed by atoms with van der Waals surface area (Å²) < 4.78 is 48.6. The first-order valence-corrected chi connectivity index (χ1v) is 11.5. The van der Waals surface area contributed by atoms with Gasteiger partial charge in [0.15, 0.2) is 6.73 Å². The summed E-state index contributed by atoms with van der Waals surface area (Å²) in [6.45, 7) is 4.17. The van der Waals surface area contributed by atoms with Gasteiger partial charge in [-0.1, -0.05) is 0 Å². The maximum Gasteiger partial charge on any atom is 0.573 e. The molecule has 37 heavy (non-hydrogen) atoms. The molecule has 4 heterocycles. The van der Waals surface area contributed by atoms with Gasteiger partial charge in [0.2, 0.25) is 5.91 Å². The van der Waals surface area contributed by atoms with Crippen molar-refractivity contribution in [2.75, 3.05) is 43.3 Å². The number of hydrogen-bond acceptors (Lipinski definition) is 8. The van der Waals surface area contributed by atoms with Crippen molar-refractivity contribution in [2.45, 2.75) is 19.8 Å². The molecule has 1 aromatic carbocycles. The van der Waals surface area contributed by atoms with E-state index in [1.807, 2.05) is 34.7 Å². The number of hydrogen-bond donors (Lipinski definition) is 0. The van der Waals surface area contributed by atoms with Crippen molar-refractivity contribution >= 4 is 23.3 Å². The Morgan fingerprint density at radius 3 is 2.62 bits per heavy atom. The fourth-order valence-electron chi connectivity index (χ4n) is 4.00. The lowest BCUT2D eigenvalue weighted by molar-refractivity contribution is -0.274. The second-order valence-electron chi connectivity index (χ2n) is 8.71. The topological polar surface area (TPSA) is 88.3 Å². The third-order valence-corrected chi connectivity index (χ3v) is 6.03. The lowest BCUT2D eigenvalue weighted by Crippen LogP contribution is -2.48. The van der Waals surface area contributed by atoms with E-state index in [0.29, 0.717) is 36.9 Å². The highest BCUT2D eigenvalue weighted by Gasteiger charge is 2.31. The van der Waals surface area contributed by atoms with Crippen LogP contribution >= 0.6 is 0 Å². The summed E-state index contributed by atoms with van der Waals surface area (Å²) in [6.07, 6.45) is -3.03. The Balaban J connectivity index is 1.27. The fraction of sp³-hybridized carbons (Fsp3) is 0.333. The Bertz CT molecular complexity index is 1320. The number of carbonyl (C=O) groups is 1. The molecule has 1 saturated heterocycles. The summed E-state index contributed by atoms with van der Waals surface area (Å²) in [6, 6.07) is 11.1. The number of aryl methyl sites for hydroxylation is 1. The molecule has 2 aromatic heterocycles. The molecule has 10 nitrogen and oxygen atoms in total. The summed E-state index contributed by atoms with van der Waals surface area (Å²) in [5.41, 5.74) is 2.95. The Morgan fingerprint density at radius 1 is 1.11 bits per heavy atom. The molecule has 2 aliphatic rings. The normalized spacial score (nSPS) is 16.2. The van der Waals surface area contributed by atoms with Gasteiger partial charge in [-0.25, -0.2) is 9.99 Å². The van der Waals surface area contributed by atoms with Crippen molar-refractivity contribution in [3.05, 3.63) is 65.6 Å². The van der Waals surface area contributed by atoms with Crippen LogP contribution in [0, 0.1) is 6.92 Å². The van der Waals surface area contributed by atoms with Gasteiger partial charge in [0.25, 0.3) is 5.90 Å². The van der Waals surface area contributed by atoms with Gasteiger partial charge < -0.3 is 19.3 Å². The Labute approximate surface area is 210 Å². The second-order valence-corrected chi connectivity index (χ2v) is 8.71. The SMILES string of the molecule is Cc1cc(C2=NN(c3ccc(OC(F)(F)F)cc3)CO2)nn1Cc1ccnc(N2CCN(C)C(=O)C2)c1. The number of nitrogens with zero attached hydrogens (tertiary/aromatic N) is 7. The molecule has 0 N–H and O–H groups in total. The summed E-state index contributed by atoms with van der Waals surface area (Å²) in [4.78, 5) is 20.2. The molecule has 0 saturated carbocycles. The quantitative estimate of drug-likeness (QED) is 0.499. The number of hydrazone groups is 1. The lowest BCUT2D eigenvalue weighted by Gasteiger charge is -2.32. The van der Waals surface area contributed by atoms with E-state index in [1.165, 1.54) is 29.3 Å². The molecule has 3 aromatic rings. The molecule has 2 aliphatic heterocycles. The minimum atomic E-state index is -4.75. The molecule has 194 valence electrons. The van der Waals surface area contributed by atoms with E-state index in [9.17, 15) is 18.0 Å². The van der Waals surface area contributed by atoms with Crippen LogP contribution in [0.2, 0.25) is 0 Å². The van der Waals surface area contributed by atoms with Gasteiger partial charge in [-0.3, -0.25) is 9.48 Å². The molecule has 13 heteroatoms. The number of carbonyl (C=O) groups excluding carboxylic acids is 1. The zero-order valence-electron chi connectivity index (χ0n) is 20.1. The van der Waals surface area contributed by atoms with Crippen molar-refractivity contribution < 1.29 is 27.4 Å². The highest BCUT2D eigenvalue weighted by atomic mass is 19.4. The van der Waals surface area contributed by atoms with E-state index in [1.54, 1.807) is 18.1 Å². The van der Waals surface area contributed by atoms with Crippen molar-refractivity contribution in [3.8, 4) is 5.75 Å². The van der Waals surface area contributed by atoms with E-state index in [0.717, 1.165) is 23.6 Å². The summed E-state index contributed by atoms with van der Waals surface area (Å²) in [5.74, 6) is 0.801. The molecule has 0 aliphatic carbocycles. The third kappa shape index (κ3) is 5.60. The van der Waals surface area contributed by atoms with E-state index >= 15 is 0 Å². The minimum absolute atomic E-state index is 0.0583. The predicted molar refractivity (Wildman–Crippen MR) is 128 cm³/mol. The van der Waals surface area contributed by atoms with Crippen molar-refractivity contribution in [1.29, 1.82) is 0 Å². The highest BCUT2D eigenvalue weighted by molar-refractivity contribution is 5.94. The van der Waals surface area contributed by atoms with Gasteiger partial charge >= 0.3 is 6.36 Å². The van der Waals surface area contributed by atoms with Crippen LogP contribution in [0.5, 0.6) is 5.75 Å². The van der Waals surface area contributed by atoms with Gasteiger partial charge in [0.1, 0.15) is 17.3 Å². The summed E-state index contributed by atoms with van der Waals surface area (Å²) >= 11 is 0. The largest absolute Gasteiger partial charge is 0.573 e. The molecule has 0 bridgehead atoms. The number of halogens is 3. The first kappa shape index (κ1) is 24.4. The number of alkyl halides is 3. The molecule has 1 amide bonds. The van der Waals surface area contributed by atoms with Crippen LogP contribution in [0.25, 0.3) is 0 Å². The zero-order valence-corrected chi connectivity index (χ0v) is 20.1. The zero-order chi connectivity index (χ0) is 26.2. The van der Waals surface area contributed by atoms with Crippen LogP contribution in [-0.2, 0) is 16.1 Å². The van der Waals surface area contributed by atoms with Crippen LogP contribution in [0.3, 0.4) is 0 Å². The van der Waals surface area contributed by atoms with E-state index in [4.69, 9.17) is 4.74 Å². The first-order chi connectivity index (χ1) is 17.6. The van der Waals surface area contributed by atoms with Crippen LogP contribution in [0.4, 0.5) is 24.7 Å². The number of aromatic nitrogens is 3. The number of amides is 1. The van der Waals surface area contributed by atoms with Crippen LogP contribution in [-0.4, -0.2) is 71.2 Å². The van der Waals surface area contributed by atoms with Crippen LogP contribution in [0.1, 0.15) is 17.0 Å². The number of pyridine rings is 1. The average Bonchev–Trinajstić information content (AvgIpc) is 3.48. The van der Waals surface area contributed by atoms with Gasteiger partial charge in [0.05, 0.1) is 18.8 Å². The third-order valence-electron chi connectivity index (χ3n) is 6.03. The lowest BCUT2D eigenvalue weighted by atomic mass is 10.2. The number of benzene rings is 1. The maximum absolute atomic E-state index is 12.4. The van der Waals surface area contributed by atoms with Crippen LogP contribution < -0.4 is 14.6 Å². The monoisotopic (exact) mass is 515 g/mol. The van der Waals surface area contributed by atoms with Crippen LogP contribution in [0.15, 0.2) is 53.8 Å². The molecular weight excluding hydrogens is 491 g/mol. The van der Waals surface area contributed by atoms with Crippen molar-refractivity contribution in [3.63, 3.8) is 0 Å². The summed E-state index contributed by atoms with van der Waals surface area (Å²) in [5, 5.41) is 10.6. The number of piperazine rings is 1. The molecule has 0 spiro atoms. The first-order valence-electron chi connectivity index (χ1n) is 11.5. The molecule has 0 unspecified atom stereocenters. The Kier molecular flexibility index (Phi) is 6.36. The van der Waals surface area contributed by atoms with Gasteiger partial charge in [-0.15, -0.1) is 18.3 Å². The second kappa shape index (κ2) is 9.64. The molecule has 5 rings (SSSR count). The number of ether oxygens (including phenoxy) is 2. The molecule has 0 atom stereocenters. The Morgan fingerprint density at radius 2 is 1.89 bits per heavy atom. The minimum Gasteiger partial charge on any atom is -0.452 e.